The second-order valence-electron chi connectivity index (χ2n) is 4.75. The lowest BCUT2D eigenvalue weighted by Crippen LogP contribution is -2.21. The van der Waals surface area contributed by atoms with E-state index in [0.29, 0.717) is 5.56 Å². The molecule has 0 saturated carbocycles. The van der Waals surface area contributed by atoms with Crippen molar-refractivity contribution in [3.8, 4) is 0 Å². The van der Waals surface area contributed by atoms with Gasteiger partial charge in [0.15, 0.2) is 0 Å². The van der Waals surface area contributed by atoms with Crippen molar-refractivity contribution < 1.29 is 4.39 Å². The first-order valence-corrected chi connectivity index (χ1v) is 7.64. The average molecular weight is 308 g/mol. The van der Waals surface area contributed by atoms with Crippen molar-refractivity contribution in [3.63, 3.8) is 0 Å². The molecule has 0 saturated heterocycles. The van der Waals surface area contributed by atoms with Gasteiger partial charge in [-0.2, -0.15) is 0 Å². The molecule has 0 radical (unpaired) electrons. The molecule has 2 nitrogen and oxygen atoms in total. The lowest BCUT2D eigenvalue weighted by Gasteiger charge is -2.16. The van der Waals surface area contributed by atoms with Crippen LogP contribution < -0.4 is 5.73 Å². The number of nitrogens with two attached hydrogens (primary N) is 1. The Labute approximate surface area is 128 Å². The Hall–Kier alpha value is -1.30. The molecule has 0 unspecified atom stereocenters. The Morgan fingerprint density at radius 2 is 2.20 bits per heavy atom. The number of hydrogen-bond donors (Lipinski definition) is 1. The van der Waals surface area contributed by atoms with Gasteiger partial charge >= 0.3 is 0 Å². The third-order valence-electron chi connectivity index (χ3n) is 3.07. The van der Waals surface area contributed by atoms with Crippen LogP contribution in [0.2, 0.25) is 0 Å². The van der Waals surface area contributed by atoms with Crippen molar-refractivity contribution in [3.05, 3.63) is 57.5 Å². The summed E-state index contributed by atoms with van der Waals surface area (Å²) in [4.78, 5) is 3.68. The standard InChI is InChI=1S/C15H17FN2S2/c1-18(7-6-12-3-2-8-20-12)10-11-4-5-14(16)13(9-11)15(17)19/h2-5,8-9H,6-7,10H2,1H3,(H2,17,19). The minimum Gasteiger partial charge on any atom is -0.389 e. The van der Waals surface area contributed by atoms with E-state index in [4.69, 9.17) is 18.0 Å². The van der Waals surface area contributed by atoms with E-state index in [9.17, 15) is 4.39 Å². The zero-order valence-electron chi connectivity index (χ0n) is 11.3. The van der Waals surface area contributed by atoms with Gasteiger partial charge in [-0.05, 0) is 42.6 Å². The molecule has 0 amide bonds. The van der Waals surface area contributed by atoms with Crippen LogP contribution in [0.1, 0.15) is 16.0 Å². The third-order valence-corrected chi connectivity index (χ3v) is 4.22. The van der Waals surface area contributed by atoms with Gasteiger partial charge in [-0.25, -0.2) is 4.39 Å². The first kappa shape index (κ1) is 15.1. The van der Waals surface area contributed by atoms with E-state index in [1.165, 1.54) is 10.9 Å². The molecule has 2 aromatic rings. The molecular formula is C15H17FN2S2. The molecule has 2 N–H and O–H groups in total. The zero-order valence-corrected chi connectivity index (χ0v) is 12.9. The van der Waals surface area contributed by atoms with Gasteiger partial charge in [-0.1, -0.05) is 24.4 Å². The predicted octanol–water partition coefficient (Wildman–Crippen LogP) is 3.20. The Morgan fingerprint density at radius 1 is 1.40 bits per heavy atom. The van der Waals surface area contributed by atoms with Gasteiger partial charge in [0, 0.05) is 23.5 Å². The van der Waals surface area contributed by atoms with Gasteiger partial charge in [0.2, 0.25) is 0 Å². The van der Waals surface area contributed by atoms with Crippen molar-refractivity contribution in [2.45, 2.75) is 13.0 Å². The van der Waals surface area contributed by atoms with Crippen LogP contribution in [-0.4, -0.2) is 23.5 Å². The molecule has 0 aliphatic carbocycles. The number of halogens is 1. The molecule has 0 aliphatic heterocycles. The molecule has 1 aromatic carbocycles. The highest BCUT2D eigenvalue weighted by molar-refractivity contribution is 7.80. The summed E-state index contributed by atoms with van der Waals surface area (Å²) in [7, 11) is 2.05. The zero-order chi connectivity index (χ0) is 14.5. The average Bonchev–Trinajstić information content (AvgIpc) is 2.91. The summed E-state index contributed by atoms with van der Waals surface area (Å²) in [5, 5.41) is 2.09. The number of nitrogens with zero attached hydrogens (tertiary/aromatic N) is 1. The highest BCUT2D eigenvalue weighted by Gasteiger charge is 2.08. The molecule has 5 heteroatoms. The first-order valence-electron chi connectivity index (χ1n) is 6.35. The minimum absolute atomic E-state index is 0.102. The summed E-state index contributed by atoms with van der Waals surface area (Å²) < 4.78 is 13.5. The van der Waals surface area contributed by atoms with Crippen LogP contribution in [0.4, 0.5) is 4.39 Å². The van der Waals surface area contributed by atoms with E-state index in [0.717, 1.165) is 25.1 Å². The summed E-state index contributed by atoms with van der Waals surface area (Å²) in [6.45, 7) is 1.71. The monoisotopic (exact) mass is 308 g/mol. The minimum atomic E-state index is -0.359. The second-order valence-corrected chi connectivity index (χ2v) is 6.22. The van der Waals surface area contributed by atoms with Gasteiger partial charge < -0.3 is 10.6 Å². The van der Waals surface area contributed by atoms with Crippen molar-refractivity contribution in [1.82, 2.24) is 4.90 Å². The topological polar surface area (TPSA) is 29.3 Å². The highest BCUT2D eigenvalue weighted by atomic mass is 32.1. The molecule has 0 fully saturated rings. The fourth-order valence-electron chi connectivity index (χ4n) is 2.01. The lowest BCUT2D eigenvalue weighted by molar-refractivity contribution is 0.332. The number of rotatable bonds is 6. The van der Waals surface area contributed by atoms with Crippen molar-refractivity contribution in [1.29, 1.82) is 0 Å². The van der Waals surface area contributed by atoms with E-state index in [-0.39, 0.29) is 10.8 Å². The summed E-state index contributed by atoms with van der Waals surface area (Å²) in [6.07, 6.45) is 1.03. The highest BCUT2D eigenvalue weighted by Crippen LogP contribution is 2.13. The van der Waals surface area contributed by atoms with Crippen LogP contribution in [0.3, 0.4) is 0 Å². The molecule has 0 aliphatic rings. The van der Waals surface area contributed by atoms with Crippen molar-refractivity contribution in [2.24, 2.45) is 5.73 Å². The molecule has 2 rings (SSSR count). The number of hydrogen-bond acceptors (Lipinski definition) is 3. The number of thiocarbonyl (C=S) groups is 1. The SMILES string of the molecule is CN(CCc1cccs1)Cc1ccc(F)c(C(N)=S)c1. The Balaban J connectivity index is 1.95. The van der Waals surface area contributed by atoms with Gasteiger partial charge in [-0.3, -0.25) is 0 Å². The van der Waals surface area contributed by atoms with Crippen molar-refractivity contribution >= 4 is 28.5 Å². The van der Waals surface area contributed by atoms with E-state index in [2.05, 4.69) is 29.5 Å². The molecule has 1 heterocycles. The number of likely N-dealkylation sites (N-methyl/N-ethyl adjacent to an activating group) is 1. The molecule has 0 bridgehead atoms. The van der Waals surface area contributed by atoms with Gasteiger partial charge in [0.05, 0.1) is 0 Å². The fourth-order valence-corrected chi connectivity index (χ4v) is 2.86. The van der Waals surface area contributed by atoms with E-state index < -0.39 is 0 Å². The van der Waals surface area contributed by atoms with Gasteiger partial charge in [0.1, 0.15) is 10.8 Å². The molecule has 106 valence electrons. The first-order chi connectivity index (χ1) is 9.56. The van der Waals surface area contributed by atoms with E-state index in [1.807, 2.05) is 0 Å². The lowest BCUT2D eigenvalue weighted by atomic mass is 10.1. The number of benzene rings is 1. The quantitative estimate of drug-likeness (QED) is 0.831. The van der Waals surface area contributed by atoms with Crippen LogP contribution in [0.15, 0.2) is 35.7 Å². The van der Waals surface area contributed by atoms with Gasteiger partial charge in [-0.15, -0.1) is 11.3 Å². The maximum absolute atomic E-state index is 13.5. The van der Waals surface area contributed by atoms with Crippen LogP contribution in [-0.2, 0) is 13.0 Å². The van der Waals surface area contributed by atoms with E-state index >= 15 is 0 Å². The molecule has 0 atom stereocenters. The van der Waals surface area contributed by atoms with Crippen LogP contribution in [0, 0.1) is 5.82 Å². The van der Waals surface area contributed by atoms with Crippen LogP contribution in [0.5, 0.6) is 0 Å². The number of thiophene rings is 1. The largest absolute Gasteiger partial charge is 0.389 e. The Kier molecular flexibility index (Phi) is 5.23. The fraction of sp³-hybridized carbons (Fsp3) is 0.267. The van der Waals surface area contributed by atoms with Crippen LogP contribution >= 0.6 is 23.6 Å². The predicted molar refractivity (Wildman–Crippen MR) is 86.6 cm³/mol. The molecular weight excluding hydrogens is 291 g/mol. The Bertz CT molecular complexity index is 582. The van der Waals surface area contributed by atoms with Crippen molar-refractivity contribution in [2.75, 3.05) is 13.6 Å². The summed E-state index contributed by atoms with van der Waals surface area (Å²) >= 11 is 6.62. The molecule has 20 heavy (non-hydrogen) atoms. The molecule has 0 spiro atoms. The van der Waals surface area contributed by atoms with Crippen LogP contribution in [0.25, 0.3) is 0 Å². The normalized spacial score (nSPS) is 10.9. The molecule has 1 aromatic heterocycles. The second kappa shape index (κ2) is 6.92. The smallest absolute Gasteiger partial charge is 0.133 e. The Morgan fingerprint density at radius 3 is 2.85 bits per heavy atom. The summed E-state index contributed by atoms with van der Waals surface area (Å²) in [6, 6.07) is 9.14. The van der Waals surface area contributed by atoms with E-state index in [1.54, 1.807) is 23.5 Å². The summed E-state index contributed by atoms with van der Waals surface area (Å²) in [5.74, 6) is -0.359. The maximum atomic E-state index is 13.5. The maximum Gasteiger partial charge on any atom is 0.133 e. The summed E-state index contributed by atoms with van der Waals surface area (Å²) in [5.41, 5.74) is 6.86. The third kappa shape index (κ3) is 4.10. The van der Waals surface area contributed by atoms with Gasteiger partial charge in [0.25, 0.3) is 0 Å².